The van der Waals surface area contributed by atoms with Crippen molar-refractivity contribution in [3.63, 3.8) is 0 Å². The van der Waals surface area contributed by atoms with Crippen LogP contribution in [0.1, 0.15) is 61.4 Å². The molecule has 1 aromatic heterocycles. The van der Waals surface area contributed by atoms with E-state index in [-0.39, 0.29) is 43.4 Å². The van der Waals surface area contributed by atoms with Crippen molar-refractivity contribution in [1.82, 2.24) is 20.0 Å². The number of alkyl halides is 6. The number of hydrazine groups is 1. The second-order valence-electron chi connectivity index (χ2n) is 12.0. The van der Waals surface area contributed by atoms with Gasteiger partial charge < -0.3 is 15.5 Å². The number of hydrogen-bond donors (Lipinski definition) is 3. The van der Waals surface area contributed by atoms with Gasteiger partial charge in [-0.05, 0) is 56.5 Å². The maximum Gasteiger partial charge on any atom is 0.433 e. The lowest BCUT2D eigenvalue weighted by Gasteiger charge is -2.46. The standard InChI is InChI=1S/C34H27F8N5O5/c1-32-12-5-13-47(32)46(16-19-9-8-18(27(35)28(19)36)6-3-2-4-7-25(48)49)31(52)26(29(32)50)30(51)45-22-11-10-20(33(37,38)39)14-21(22)23-15-24(34(40,41)42)44-17-43-23/h8-11,14-15,17,50H,2,4-5,7,12-13,16H2,1H3,(H,45,51)(H,48,49). The third-order valence-corrected chi connectivity index (χ3v) is 8.54. The lowest BCUT2D eigenvalue weighted by atomic mass is 9.90. The van der Waals surface area contributed by atoms with Crippen molar-refractivity contribution in [1.29, 1.82) is 0 Å². The molecule has 3 aromatic rings. The van der Waals surface area contributed by atoms with E-state index in [1.165, 1.54) is 11.9 Å². The van der Waals surface area contributed by atoms with Crippen molar-refractivity contribution >= 4 is 23.5 Å². The van der Waals surface area contributed by atoms with Crippen molar-refractivity contribution in [3.05, 3.63) is 88.1 Å². The Morgan fingerprint density at radius 1 is 1.02 bits per heavy atom. The van der Waals surface area contributed by atoms with Crippen LogP contribution in [0.2, 0.25) is 0 Å². The number of amides is 2. The number of carboxylic acid groups (broad SMARTS) is 1. The smallest absolute Gasteiger partial charge is 0.433 e. The van der Waals surface area contributed by atoms with Crippen molar-refractivity contribution in [2.75, 3.05) is 11.9 Å². The number of anilines is 1. The lowest BCUT2D eigenvalue weighted by Crippen LogP contribution is -2.60. The molecule has 2 aliphatic heterocycles. The summed E-state index contributed by atoms with van der Waals surface area (Å²) in [5, 5.41) is 24.5. The van der Waals surface area contributed by atoms with Gasteiger partial charge in [-0.1, -0.05) is 17.9 Å². The molecule has 0 bridgehead atoms. The summed E-state index contributed by atoms with van der Waals surface area (Å²) in [6.07, 6.45) is -8.80. The molecule has 10 nitrogen and oxygen atoms in total. The number of aliphatic hydroxyl groups is 1. The summed E-state index contributed by atoms with van der Waals surface area (Å²) in [4.78, 5) is 45.0. The van der Waals surface area contributed by atoms with E-state index in [2.05, 4.69) is 27.1 Å². The number of rotatable bonds is 8. The Morgan fingerprint density at radius 3 is 2.42 bits per heavy atom. The fourth-order valence-electron chi connectivity index (χ4n) is 5.89. The number of hydrogen-bond acceptors (Lipinski definition) is 7. The molecule has 0 saturated carbocycles. The fraction of sp³-hybridized carbons (Fsp3) is 0.324. The van der Waals surface area contributed by atoms with E-state index >= 15 is 8.78 Å². The van der Waals surface area contributed by atoms with Crippen LogP contribution in [0, 0.1) is 23.5 Å². The van der Waals surface area contributed by atoms with Crippen LogP contribution in [0.15, 0.2) is 54.1 Å². The second-order valence-corrected chi connectivity index (χ2v) is 12.0. The first-order chi connectivity index (χ1) is 24.3. The summed E-state index contributed by atoms with van der Waals surface area (Å²) in [5.41, 5.74) is -7.55. The molecule has 1 fully saturated rings. The highest BCUT2D eigenvalue weighted by Crippen LogP contribution is 2.43. The number of aromatic nitrogens is 2. The van der Waals surface area contributed by atoms with Crippen LogP contribution in [0.3, 0.4) is 0 Å². The number of aliphatic carboxylic acids is 1. The van der Waals surface area contributed by atoms with Gasteiger partial charge in [-0.2, -0.15) is 26.3 Å². The summed E-state index contributed by atoms with van der Waals surface area (Å²) >= 11 is 0. The number of benzene rings is 2. The van der Waals surface area contributed by atoms with Gasteiger partial charge in [0.25, 0.3) is 11.8 Å². The summed E-state index contributed by atoms with van der Waals surface area (Å²) in [5.74, 6) is -2.03. The Morgan fingerprint density at radius 2 is 1.75 bits per heavy atom. The first-order valence-electron chi connectivity index (χ1n) is 15.5. The highest BCUT2D eigenvalue weighted by atomic mass is 19.4. The molecule has 3 heterocycles. The SMILES string of the molecule is CC12CCCN1N(Cc1ccc(C#CCCCC(=O)O)c(F)c1F)C(=O)C(C(=O)Nc1ccc(C(F)(F)F)cc1-c1cc(C(F)(F)F)ncn1)=C2O. The van der Waals surface area contributed by atoms with Crippen LogP contribution in [-0.2, 0) is 33.3 Å². The minimum absolute atomic E-state index is 0.104. The molecular formula is C34H27F8N5O5. The van der Waals surface area contributed by atoms with Gasteiger partial charge in [0, 0.05) is 30.5 Å². The van der Waals surface area contributed by atoms with Crippen LogP contribution >= 0.6 is 0 Å². The molecule has 0 radical (unpaired) electrons. The lowest BCUT2D eigenvalue weighted by molar-refractivity contribution is -0.160. The highest BCUT2D eigenvalue weighted by molar-refractivity contribution is 6.24. The Bertz CT molecular complexity index is 2040. The third-order valence-electron chi connectivity index (χ3n) is 8.54. The Labute approximate surface area is 289 Å². The van der Waals surface area contributed by atoms with Crippen molar-refractivity contribution in [2.24, 2.45) is 0 Å². The topological polar surface area (TPSA) is 136 Å². The van der Waals surface area contributed by atoms with Gasteiger partial charge in [-0.15, -0.1) is 0 Å². The third kappa shape index (κ3) is 7.54. The van der Waals surface area contributed by atoms with E-state index < -0.39 is 93.4 Å². The molecule has 1 saturated heterocycles. The predicted molar refractivity (Wildman–Crippen MR) is 165 cm³/mol. The number of unbranched alkanes of at least 4 members (excludes halogenated alkanes) is 1. The molecule has 2 aromatic carbocycles. The zero-order valence-electron chi connectivity index (χ0n) is 26.9. The van der Waals surface area contributed by atoms with Crippen LogP contribution in [0.4, 0.5) is 40.8 Å². The number of fused-ring (bicyclic) bond motifs is 1. The summed E-state index contributed by atoms with van der Waals surface area (Å²) in [7, 11) is 0. The van der Waals surface area contributed by atoms with Crippen LogP contribution in [0.5, 0.6) is 0 Å². The number of nitrogens with one attached hydrogen (secondary N) is 1. The van der Waals surface area contributed by atoms with Crippen molar-refractivity contribution in [2.45, 2.75) is 63.5 Å². The summed E-state index contributed by atoms with van der Waals surface area (Å²) in [6, 6.07) is 4.41. The molecule has 52 heavy (non-hydrogen) atoms. The maximum atomic E-state index is 15.3. The number of halogens is 8. The van der Waals surface area contributed by atoms with E-state index in [4.69, 9.17) is 5.11 Å². The Kier molecular flexibility index (Phi) is 10.3. The van der Waals surface area contributed by atoms with Gasteiger partial charge in [0.1, 0.15) is 23.4 Å². The largest absolute Gasteiger partial charge is 0.509 e. The number of nitrogens with zero attached hydrogens (tertiary/aromatic N) is 4. The minimum atomic E-state index is -5.00. The van der Waals surface area contributed by atoms with Gasteiger partial charge in [-0.3, -0.25) is 19.4 Å². The Balaban J connectivity index is 1.48. The van der Waals surface area contributed by atoms with E-state index in [1.54, 1.807) is 0 Å². The molecule has 1 atom stereocenters. The maximum absolute atomic E-state index is 15.3. The van der Waals surface area contributed by atoms with Gasteiger partial charge >= 0.3 is 18.3 Å². The van der Waals surface area contributed by atoms with Crippen LogP contribution in [-0.4, -0.2) is 60.1 Å². The molecule has 0 aliphatic carbocycles. The number of aliphatic hydroxyl groups excluding tert-OH is 1. The average molecular weight is 738 g/mol. The first kappa shape index (κ1) is 37.7. The first-order valence-corrected chi connectivity index (χ1v) is 15.5. The van der Waals surface area contributed by atoms with Crippen LogP contribution in [0.25, 0.3) is 11.3 Å². The van der Waals surface area contributed by atoms with Crippen molar-refractivity contribution in [3.8, 4) is 23.1 Å². The van der Waals surface area contributed by atoms with E-state index in [9.17, 15) is 45.8 Å². The zero-order chi connectivity index (χ0) is 38.2. The van der Waals surface area contributed by atoms with Gasteiger partial charge in [0.05, 0.1) is 34.6 Å². The second kappa shape index (κ2) is 14.2. The van der Waals surface area contributed by atoms with Crippen molar-refractivity contribution < 1.29 is 59.7 Å². The average Bonchev–Trinajstić information content (AvgIpc) is 3.47. The molecular weight excluding hydrogens is 710 g/mol. The van der Waals surface area contributed by atoms with E-state index in [0.717, 1.165) is 23.2 Å². The molecule has 3 N–H and O–H groups in total. The van der Waals surface area contributed by atoms with E-state index in [1.807, 2.05) is 0 Å². The number of carboxylic acids is 1. The normalized spacial score (nSPS) is 17.9. The predicted octanol–water partition coefficient (Wildman–Crippen LogP) is 6.63. The van der Waals surface area contributed by atoms with Gasteiger partial charge in [-0.25, -0.2) is 23.8 Å². The van der Waals surface area contributed by atoms with Crippen LogP contribution < -0.4 is 5.32 Å². The molecule has 2 amide bonds. The van der Waals surface area contributed by atoms with E-state index in [0.29, 0.717) is 30.9 Å². The highest BCUT2D eigenvalue weighted by Gasteiger charge is 2.53. The zero-order valence-corrected chi connectivity index (χ0v) is 26.9. The molecule has 2 aliphatic rings. The molecule has 1 unspecified atom stereocenters. The quantitative estimate of drug-likeness (QED) is 0.102. The van der Waals surface area contributed by atoms with Gasteiger partial charge in [0.15, 0.2) is 11.6 Å². The van der Waals surface area contributed by atoms with Gasteiger partial charge in [0.2, 0.25) is 0 Å². The Hall–Kier alpha value is -5.57. The molecule has 18 heteroatoms. The summed E-state index contributed by atoms with van der Waals surface area (Å²) < 4.78 is 112. The minimum Gasteiger partial charge on any atom is -0.509 e. The molecule has 274 valence electrons. The number of carbonyl (C=O) groups excluding carboxylic acids is 2. The fourth-order valence-corrected chi connectivity index (χ4v) is 5.89. The monoisotopic (exact) mass is 737 g/mol. The molecule has 0 spiro atoms. The number of carbonyl (C=O) groups is 3. The summed E-state index contributed by atoms with van der Waals surface area (Å²) in [6.45, 7) is 0.981. The molecule has 5 rings (SSSR count).